The number of piperidine rings is 1. The van der Waals surface area contributed by atoms with E-state index in [9.17, 15) is 9.18 Å². The Bertz CT molecular complexity index is 629. The fourth-order valence-corrected chi connectivity index (χ4v) is 3.94. The molecule has 0 bridgehead atoms. The predicted octanol–water partition coefficient (Wildman–Crippen LogP) is 2.20. The van der Waals surface area contributed by atoms with Gasteiger partial charge in [-0.2, -0.15) is 0 Å². The topological polar surface area (TPSA) is 54.0 Å². The average Bonchev–Trinajstić information content (AvgIpc) is 2.75. The van der Waals surface area contributed by atoms with Gasteiger partial charge in [0.15, 0.2) is 0 Å². The Balaban J connectivity index is 1.35. The molecule has 1 aromatic rings. The van der Waals surface area contributed by atoms with Gasteiger partial charge in [0.2, 0.25) is 5.91 Å². The molecule has 2 heterocycles. The molecule has 2 atom stereocenters. The zero-order chi connectivity index (χ0) is 20.6. The van der Waals surface area contributed by atoms with Crippen LogP contribution >= 0.6 is 0 Å². The van der Waals surface area contributed by atoms with Crippen molar-refractivity contribution in [2.45, 2.75) is 44.9 Å². The lowest BCUT2D eigenvalue weighted by Gasteiger charge is -2.36. The van der Waals surface area contributed by atoms with Crippen LogP contribution in [0, 0.1) is 5.82 Å². The molecule has 0 aliphatic carbocycles. The van der Waals surface area contributed by atoms with E-state index in [4.69, 9.17) is 9.47 Å². The van der Waals surface area contributed by atoms with Gasteiger partial charge >= 0.3 is 0 Å². The van der Waals surface area contributed by atoms with Crippen LogP contribution in [0.25, 0.3) is 0 Å². The molecular weight excluding hydrogens is 373 g/mol. The number of carbonyl (C=O) groups excluding carboxylic acids is 1. The minimum Gasteiger partial charge on any atom is -0.379 e. The highest BCUT2D eigenvalue weighted by molar-refractivity contribution is 5.81. The Kier molecular flexibility index (Phi) is 8.41. The van der Waals surface area contributed by atoms with E-state index in [2.05, 4.69) is 15.1 Å². The molecule has 1 amide bonds. The van der Waals surface area contributed by atoms with Crippen LogP contribution in [0.15, 0.2) is 24.3 Å². The first-order valence-electron chi connectivity index (χ1n) is 10.7. The normalized spacial score (nSPS) is 21.6. The Hall–Kier alpha value is -1.54. The van der Waals surface area contributed by atoms with Crippen molar-refractivity contribution in [3.05, 3.63) is 35.6 Å². The first kappa shape index (κ1) is 22.2. The first-order chi connectivity index (χ1) is 14.0. The molecule has 0 aromatic heterocycles. The van der Waals surface area contributed by atoms with Crippen LogP contribution in [-0.2, 0) is 14.3 Å². The van der Waals surface area contributed by atoms with Crippen LogP contribution in [0.2, 0.25) is 0 Å². The standard InChI is InChI=1S/C22H34FN3O3/c1-17(19-3-5-20(23)6-4-19)24-22(27)18(2)26-9-7-21(8-10-26)29-16-13-25-11-14-28-15-12-25/h3-6,17-18,21H,7-16H2,1-2H3,(H,24,27)/t17-,18-/m0/s1. The summed E-state index contributed by atoms with van der Waals surface area (Å²) in [6.45, 7) is 10.9. The molecule has 6 nitrogen and oxygen atoms in total. The summed E-state index contributed by atoms with van der Waals surface area (Å²) in [5, 5.41) is 3.04. The van der Waals surface area contributed by atoms with Crippen LogP contribution in [0.3, 0.4) is 0 Å². The third-order valence-electron chi connectivity index (χ3n) is 6.00. The number of nitrogens with zero attached hydrogens (tertiary/aromatic N) is 2. The minimum absolute atomic E-state index is 0.00788. The van der Waals surface area contributed by atoms with E-state index in [1.54, 1.807) is 12.1 Å². The lowest BCUT2D eigenvalue weighted by Crippen LogP contribution is -2.49. The predicted molar refractivity (Wildman–Crippen MR) is 110 cm³/mol. The van der Waals surface area contributed by atoms with Crippen LogP contribution in [-0.4, -0.2) is 80.4 Å². The number of nitrogens with one attached hydrogen (secondary N) is 1. The van der Waals surface area contributed by atoms with Gasteiger partial charge in [0.1, 0.15) is 5.82 Å². The third-order valence-corrected chi connectivity index (χ3v) is 6.00. The Labute approximate surface area is 173 Å². The fraction of sp³-hybridized carbons (Fsp3) is 0.682. The van der Waals surface area contributed by atoms with E-state index >= 15 is 0 Å². The average molecular weight is 408 g/mol. The van der Waals surface area contributed by atoms with E-state index in [1.807, 2.05) is 13.8 Å². The quantitative estimate of drug-likeness (QED) is 0.716. The first-order valence-corrected chi connectivity index (χ1v) is 10.7. The number of halogens is 1. The molecule has 1 N–H and O–H groups in total. The van der Waals surface area contributed by atoms with Gasteiger partial charge in [0.05, 0.1) is 38.0 Å². The lowest BCUT2D eigenvalue weighted by molar-refractivity contribution is -0.127. The van der Waals surface area contributed by atoms with E-state index in [0.29, 0.717) is 0 Å². The number of amides is 1. The van der Waals surface area contributed by atoms with Crippen molar-refractivity contribution >= 4 is 5.91 Å². The number of carbonyl (C=O) groups is 1. The van der Waals surface area contributed by atoms with E-state index in [-0.39, 0.29) is 29.9 Å². The molecule has 2 aliphatic rings. The van der Waals surface area contributed by atoms with E-state index in [0.717, 1.165) is 70.9 Å². The smallest absolute Gasteiger partial charge is 0.237 e. The maximum absolute atomic E-state index is 13.1. The van der Waals surface area contributed by atoms with Gasteiger partial charge in [-0.15, -0.1) is 0 Å². The van der Waals surface area contributed by atoms with Crippen molar-refractivity contribution in [2.24, 2.45) is 0 Å². The van der Waals surface area contributed by atoms with Gasteiger partial charge in [0.25, 0.3) is 0 Å². The van der Waals surface area contributed by atoms with E-state index < -0.39 is 0 Å². The molecule has 7 heteroatoms. The lowest BCUT2D eigenvalue weighted by atomic mass is 10.0. The number of morpholine rings is 1. The maximum atomic E-state index is 13.1. The molecule has 29 heavy (non-hydrogen) atoms. The van der Waals surface area contributed by atoms with E-state index in [1.165, 1.54) is 12.1 Å². The van der Waals surface area contributed by atoms with Crippen molar-refractivity contribution < 1.29 is 18.7 Å². The van der Waals surface area contributed by atoms with Crippen LogP contribution in [0.4, 0.5) is 4.39 Å². The Morgan fingerprint density at radius 1 is 1.17 bits per heavy atom. The molecule has 0 unspecified atom stereocenters. The highest BCUT2D eigenvalue weighted by atomic mass is 19.1. The third kappa shape index (κ3) is 6.74. The highest BCUT2D eigenvalue weighted by Gasteiger charge is 2.27. The summed E-state index contributed by atoms with van der Waals surface area (Å²) in [6.07, 6.45) is 2.18. The van der Waals surface area contributed by atoms with Gasteiger partial charge < -0.3 is 14.8 Å². The summed E-state index contributed by atoms with van der Waals surface area (Å²) in [5.41, 5.74) is 0.902. The number of likely N-dealkylation sites (tertiary alicyclic amines) is 1. The van der Waals surface area contributed by atoms with Gasteiger partial charge in [0, 0.05) is 32.7 Å². The van der Waals surface area contributed by atoms with Gasteiger partial charge in [-0.1, -0.05) is 12.1 Å². The summed E-state index contributed by atoms with van der Waals surface area (Å²) < 4.78 is 24.5. The molecule has 0 spiro atoms. The highest BCUT2D eigenvalue weighted by Crippen LogP contribution is 2.18. The van der Waals surface area contributed by atoms with Crippen molar-refractivity contribution in [1.29, 1.82) is 0 Å². The Morgan fingerprint density at radius 3 is 2.48 bits per heavy atom. The van der Waals surface area contributed by atoms with Gasteiger partial charge in [-0.25, -0.2) is 4.39 Å². The molecule has 3 rings (SSSR count). The van der Waals surface area contributed by atoms with Crippen molar-refractivity contribution in [3.63, 3.8) is 0 Å². The number of rotatable bonds is 8. The van der Waals surface area contributed by atoms with Crippen LogP contribution in [0.5, 0.6) is 0 Å². The van der Waals surface area contributed by atoms with Crippen LogP contribution in [0.1, 0.15) is 38.3 Å². The summed E-state index contributed by atoms with van der Waals surface area (Å²) in [4.78, 5) is 17.2. The molecule has 2 aliphatic heterocycles. The summed E-state index contributed by atoms with van der Waals surface area (Å²) in [6, 6.07) is 5.94. The second-order valence-corrected chi connectivity index (χ2v) is 8.02. The summed E-state index contributed by atoms with van der Waals surface area (Å²) in [5.74, 6) is -0.260. The molecular formula is C22H34FN3O3. The molecule has 2 saturated heterocycles. The number of hydrogen-bond acceptors (Lipinski definition) is 5. The minimum atomic E-state index is -0.268. The maximum Gasteiger partial charge on any atom is 0.237 e. The molecule has 2 fully saturated rings. The number of benzene rings is 1. The zero-order valence-corrected chi connectivity index (χ0v) is 17.6. The van der Waals surface area contributed by atoms with Crippen LogP contribution < -0.4 is 5.32 Å². The van der Waals surface area contributed by atoms with Gasteiger partial charge in [-0.3, -0.25) is 14.6 Å². The number of hydrogen-bond donors (Lipinski definition) is 1. The second kappa shape index (κ2) is 11.0. The largest absolute Gasteiger partial charge is 0.379 e. The molecule has 1 aromatic carbocycles. The van der Waals surface area contributed by atoms with Crippen molar-refractivity contribution in [2.75, 3.05) is 52.5 Å². The summed E-state index contributed by atoms with van der Waals surface area (Å²) in [7, 11) is 0. The zero-order valence-electron chi connectivity index (χ0n) is 17.6. The Morgan fingerprint density at radius 2 is 1.83 bits per heavy atom. The van der Waals surface area contributed by atoms with Crippen molar-refractivity contribution in [1.82, 2.24) is 15.1 Å². The van der Waals surface area contributed by atoms with Gasteiger partial charge in [-0.05, 0) is 44.4 Å². The van der Waals surface area contributed by atoms with Crippen molar-refractivity contribution in [3.8, 4) is 0 Å². The second-order valence-electron chi connectivity index (χ2n) is 8.02. The molecule has 0 saturated carbocycles. The molecule has 162 valence electrons. The number of ether oxygens (including phenoxy) is 2. The SMILES string of the molecule is C[C@H](NC(=O)[C@H](C)N1CCC(OCCN2CCOCC2)CC1)c1ccc(F)cc1. The fourth-order valence-electron chi connectivity index (χ4n) is 3.94. The summed E-state index contributed by atoms with van der Waals surface area (Å²) >= 11 is 0. The molecule has 0 radical (unpaired) electrons. The monoisotopic (exact) mass is 407 g/mol.